The van der Waals surface area contributed by atoms with Crippen molar-refractivity contribution in [2.75, 3.05) is 12.4 Å². The van der Waals surface area contributed by atoms with E-state index in [1.807, 2.05) is 6.92 Å². The first-order valence-corrected chi connectivity index (χ1v) is 9.68. The normalized spacial score (nSPS) is 27.5. The first-order valence-electron chi connectivity index (χ1n) is 7.16. The van der Waals surface area contributed by atoms with E-state index in [4.69, 9.17) is 14.5 Å². The van der Waals surface area contributed by atoms with Crippen molar-refractivity contribution in [1.29, 1.82) is 0 Å². The molecule has 1 aromatic heterocycles. The second kappa shape index (κ2) is 8.07. The largest absolute Gasteiger partial charge is 0.469 e. The van der Waals surface area contributed by atoms with Gasteiger partial charge < -0.3 is 24.7 Å². The Morgan fingerprint density at radius 3 is 2.75 bits per heavy atom. The number of aromatic nitrogens is 2. The Kier molecular flexibility index (Phi) is 6.57. The van der Waals surface area contributed by atoms with Gasteiger partial charge in [-0.15, -0.1) is 0 Å². The number of nitrogens with zero attached hydrogens (tertiary/aromatic N) is 2. The van der Waals surface area contributed by atoms with Crippen LogP contribution in [-0.2, 0) is 13.8 Å². The molecule has 1 fully saturated rings. The van der Waals surface area contributed by atoms with Crippen molar-refractivity contribution >= 4 is 19.6 Å². The van der Waals surface area contributed by atoms with Gasteiger partial charge in [0.05, 0.1) is 6.61 Å². The van der Waals surface area contributed by atoms with Crippen LogP contribution < -0.4 is 5.56 Å². The van der Waals surface area contributed by atoms with Gasteiger partial charge in [-0.05, 0) is 6.42 Å². The van der Waals surface area contributed by atoms with Crippen molar-refractivity contribution in [3.05, 3.63) is 22.6 Å². The van der Waals surface area contributed by atoms with E-state index in [0.29, 0.717) is 10.9 Å². The molecular weight excluding hydrogens is 363 g/mol. The van der Waals surface area contributed by atoms with Crippen LogP contribution in [-0.4, -0.2) is 60.2 Å². The van der Waals surface area contributed by atoms with E-state index < -0.39 is 44.5 Å². The van der Waals surface area contributed by atoms with Crippen molar-refractivity contribution in [3.8, 4) is 0 Å². The number of aliphatic hydroxyl groups is 2. The van der Waals surface area contributed by atoms with E-state index in [2.05, 4.69) is 9.51 Å². The molecule has 1 aromatic rings. The molecule has 0 aromatic carbocycles. The highest BCUT2D eigenvalue weighted by Crippen LogP contribution is 2.38. The molecule has 0 radical (unpaired) electrons. The fraction of sp³-hybridized carbons (Fsp3) is 0.667. The summed E-state index contributed by atoms with van der Waals surface area (Å²) >= 11 is 1.29. The number of hydrogen-bond donors (Lipinski definition) is 4. The molecule has 0 saturated carbocycles. The van der Waals surface area contributed by atoms with Crippen LogP contribution in [0.1, 0.15) is 19.6 Å². The average Bonchev–Trinajstić information content (AvgIpc) is 2.78. The van der Waals surface area contributed by atoms with Crippen LogP contribution in [0.3, 0.4) is 0 Å². The van der Waals surface area contributed by atoms with Crippen molar-refractivity contribution in [2.45, 2.75) is 43.0 Å². The number of ether oxygens (including phenoxy) is 1. The molecule has 12 heteroatoms. The summed E-state index contributed by atoms with van der Waals surface area (Å²) in [4.78, 5) is 32.8. The number of aliphatic hydroxyl groups excluding tert-OH is 2. The third kappa shape index (κ3) is 4.87. The molecule has 4 N–H and O–H groups in total. The molecule has 10 nitrogen and oxygen atoms in total. The van der Waals surface area contributed by atoms with Crippen LogP contribution in [0.5, 0.6) is 0 Å². The monoisotopic (exact) mass is 382 g/mol. The van der Waals surface area contributed by atoms with Gasteiger partial charge in [0.15, 0.2) is 11.4 Å². The number of thioether (sulfide) groups is 1. The topological polar surface area (TPSA) is 151 Å². The lowest BCUT2D eigenvalue weighted by Crippen LogP contribution is -2.34. The van der Waals surface area contributed by atoms with E-state index in [-0.39, 0.29) is 0 Å². The number of phosphoric ester groups is 1. The fourth-order valence-electron chi connectivity index (χ4n) is 2.16. The summed E-state index contributed by atoms with van der Waals surface area (Å²) in [6, 6.07) is 1.19. The molecular formula is C12H19N2O8PS. The fourth-order valence-corrected chi connectivity index (χ4v) is 3.35. The summed E-state index contributed by atoms with van der Waals surface area (Å²) in [7, 11) is -4.72. The molecule has 24 heavy (non-hydrogen) atoms. The Balaban J connectivity index is 2.20. The van der Waals surface area contributed by atoms with Gasteiger partial charge in [0.25, 0.3) is 5.56 Å². The molecule has 0 bridgehead atoms. The quantitative estimate of drug-likeness (QED) is 0.275. The summed E-state index contributed by atoms with van der Waals surface area (Å²) < 4.78 is 22.0. The van der Waals surface area contributed by atoms with E-state index in [0.717, 1.165) is 6.42 Å². The highest BCUT2D eigenvalue weighted by molar-refractivity contribution is 7.99. The lowest BCUT2D eigenvalue weighted by molar-refractivity contribution is -0.0569. The minimum atomic E-state index is -4.72. The van der Waals surface area contributed by atoms with Gasteiger partial charge in [-0.3, -0.25) is 13.9 Å². The van der Waals surface area contributed by atoms with Crippen LogP contribution in [0, 0.1) is 0 Å². The molecule has 2 rings (SSSR count). The van der Waals surface area contributed by atoms with Crippen molar-refractivity contribution < 1.29 is 33.8 Å². The minimum absolute atomic E-state index is 0.317. The molecule has 0 unspecified atom stereocenters. The lowest BCUT2D eigenvalue weighted by Gasteiger charge is -2.20. The third-order valence-electron chi connectivity index (χ3n) is 3.26. The molecule has 1 aliphatic rings. The van der Waals surface area contributed by atoms with E-state index >= 15 is 0 Å². The summed E-state index contributed by atoms with van der Waals surface area (Å²) in [5.74, 6) is 0.687. The number of rotatable bonds is 7. The summed E-state index contributed by atoms with van der Waals surface area (Å²) in [5.41, 5.74) is -0.445. The smallest absolute Gasteiger partial charge is 0.387 e. The Labute approximate surface area is 141 Å². The summed E-state index contributed by atoms with van der Waals surface area (Å²) in [5, 5.41) is 20.5. The first kappa shape index (κ1) is 19.5. The van der Waals surface area contributed by atoms with Crippen LogP contribution in [0.2, 0.25) is 0 Å². The van der Waals surface area contributed by atoms with Gasteiger partial charge in [0.2, 0.25) is 0 Å². The third-order valence-corrected chi connectivity index (χ3v) is 4.92. The minimum Gasteiger partial charge on any atom is -0.387 e. The van der Waals surface area contributed by atoms with Crippen LogP contribution in [0.15, 0.2) is 22.2 Å². The van der Waals surface area contributed by atoms with E-state index in [1.165, 1.54) is 28.6 Å². The predicted molar refractivity (Wildman–Crippen MR) is 83.4 cm³/mol. The maximum Gasteiger partial charge on any atom is 0.469 e. The average molecular weight is 382 g/mol. The zero-order chi connectivity index (χ0) is 17.9. The zero-order valence-corrected chi connectivity index (χ0v) is 14.5. The predicted octanol–water partition coefficient (Wildman–Crippen LogP) is -0.526. The van der Waals surface area contributed by atoms with Gasteiger partial charge in [0.1, 0.15) is 18.3 Å². The van der Waals surface area contributed by atoms with Crippen LogP contribution >= 0.6 is 19.6 Å². The summed E-state index contributed by atoms with van der Waals surface area (Å²) in [6.07, 6.45) is -2.75. The number of hydrogen-bond acceptors (Lipinski definition) is 8. The lowest BCUT2D eigenvalue weighted by atomic mass is 10.1. The SMILES string of the molecule is CCCSc1nc(=O)ccn1[C@@H]1O[C@H](COP(=O)(O)O)[C@@H](O)[C@H]1O. The molecule has 136 valence electrons. The molecule has 1 aliphatic heterocycles. The van der Waals surface area contributed by atoms with Crippen LogP contribution in [0.25, 0.3) is 0 Å². The molecule has 0 spiro atoms. The van der Waals surface area contributed by atoms with Crippen molar-refractivity contribution in [3.63, 3.8) is 0 Å². The Hall–Kier alpha value is -0.780. The van der Waals surface area contributed by atoms with Crippen molar-refractivity contribution in [1.82, 2.24) is 9.55 Å². The second-order valence-corrected chi connectivity index (χ2v) is 7.44. The highest BCUT2D eigenvalue weighted by atomic mass is 32.2. The molecule has 0 aliphatic carbocycles. The van der Waals surface area contributed by atoms with E-state index in [9.17, 15) is 19.6 Å². The molecule has 0 amide bonds. The molecule has 2 heterocycles. The Morgan fingerprint density at radius 2 is 2.12 bits per heavy atom. The number of phosphoric acid groups is 1. The van der Waals surface area contributed by atoms with Crippen molar-refractivity contribution in [2.24, 2.45) is 0 Å². The van der Waals surface area contributed by atoms with Gasteiger partial charge in [-0.25, -0.2) is 4.57 Å². The summed E-state index contributed by atoms with van der Waals surface area (Å²) in [6.45, 7) is 1.36. The molecule has 4 atom stereocenters. The van der Waals surface area contributed by atoms with Gasteiger partial charge >= 0.3 is 7.82 Å². The van der Waals surface area contributed by atoms with Crippen LogP contribution in [0.4, 0.5) is 0 Å². The van der Waals surface area contributed by atoms with Gasteiger partial charge in [-0.1, -0.05) is 18.7 Å². The van der Waals surface area contributed by atoms with E-state index in [1.54, 1.807) is 0 Å². The first-order chi connectivity index (χ1) is 11.2. The zero-order valence-electron chi connectivity index (χ0n) is 12.8. The second-order valence-electron chi connectivity index (χ2n) is 5.14. The van der Waals surface area contributed by atoms with Gasteiger partial charge in [0, 0.05) is 18.0 Å². The standard InChI is InChI=1S/C12H19N2O8PS/c1-2-5-24-12-13-8(15)3-4-14(12)11-10(17)9(16)7(22-11)6-21-23(18,19)20/h3-4,7,9-11,16-17H,2,5-6H2,1H3,(H2,18,19,20)/t7-,9-,10-,11-/m1/s1. The maximum atomic E-state index is 11.4. The maximum absolute atomic E-state index is 11.4. The molecule has 1 saturated heterocycles. The van der Waals surface area contributed by atoms with Gasteiger partial charge in [-0.2, -0.15) is 4.98 Å². The highest BCUT2D eigenvalue weighted by Gasteiger charge is 2.45. The Morgan fingerprint density at radius 1 is 1.42 bits per heavy atom. The Bertz CT molecular complexity index is 665.